The van der Waals surface area contributed by atoms with Crippen molar-refractivity contribution in [1.82, 2.24) is 5.16 Å². The first kappa shape index (κ1) is 17.1. The molecule has 24 heavy (non-hydrogen) atoms. The molecule has 0 radical (unpaired) electrons. The van der Waals surface area contributed by atoms with Gasteiger partial charge in [0, 0.05) is 22.6 Å². The molecule has 0 atom stereocenters. The molecule has 0 amide bonds. The molecule has 1 aliphatic rings. The van der Waals surface area contributed by atoms with E-state index in [1.54, 1.807) is 4.72 Å². The molecule has 1 heterocycles. The summed E-state index contributed by atoms with van der Waals surface area (Å²) in [5, 5.41) is 4.16. The third kappa shape index (κ3) is 3.10. The second-order valence-corrected chi connectivity index (χ2v) is 7.49. The molecule has 0 bridgehead atoms. The van der Waals surface area contributed by atoms with E-state index in [-0.39, 0.29) is 16.3 Å². The van der Waals surface area contributed by atoms with Crippen molar-refractivity contribution >= 4 is 27.3 Å². The monoisotopic (exact) mass is 380 g/mol. The average Bonchev–Trinajstić information content (AvgIpc) is 2.91. The van der Waals surface area contributed by atoms with Gasteiger partial charge in [0.05, 0.1) is 5.69 Å². The second-order valence-electron chi connectivity index (χ2n) is 5.38. The van der Waals surface area contributed by atoms with E-state index in [1.807, 2.05) is 0 Å². The molecule has 0 fully saturated rings. The zero-order valence-corrected chi connectivity index (χ0v) is 13.7. The Bertz CT molecular complexity index is 878. The molecule has 1 aromatic heterocycles. The number of fused-ring (bicyclic) bond motifs is 1. The second kappa shape index (κ2) is 5.96. The third-order valence-corrected chi connectivity index (χ3v) is 5.07. The van der Waals surface area contributed by atoms with E-state index in [0.29, 0.717) is 24.3 Å². The lowest BCUT2D eigenvalue weighted by Gasteiger charge is -2.15. The van der Waals surface area contributed by atoms with E-state index in [1.165, 1.54) is 18.2 Å². The number of hydrogen-bond donors (Lipinski definition) is 1. The SMILES string of the molecule is O=S(=O)(Nc1ccc(Cl)cc1-c1noc2c1CCCC2)C(F)(F)F. The fourth-order valence-corrected chi connectivity index (χ4v) is 3.36. The highest BCUT2D eigenvalue weighted by Gasteiger charge is 2.46. The van der Waals surface area contributed by atoms with Crippen molar-refractivity contribution in [2.75, 3.05) is 4.72 Å². The predicted octanol–water partition coefficient (Wildman–Crippen LogP) is 4.14. The van der Waals surface area contributed by atoms with Crippen LogP contribution in [0.5, 0.6) is 0 Å². The van der Waals surface area contributed by atoms with Crippen molar-refractivity contribution in [1.29, 1.82) is 0 Å². The van der Waals surface area contributed by atoms with Gasteiger partial charge in [0.15, 0.2) is 0 Å². The summed E-state index contributed by atoms with van der Waals surface area (Å²) in [4.78, 5) is 0. The smallest absolute Gasteiger partial charge is 0.360 e. The number of sulfonamides is 1. The van der Waals surface area contributed by atoms with Gasteiger partial charge in [-0.05, 0) is 37.5 Å². The van der Waals surface area contributed by atoms with Crippen molar-refractivity contribution in [3.8, 4) is 11.3 Å². The Labute approximate surface area is 140 Å². The summed E-state index contributed by atoms with van der Waals surface area (Å²) in [7, 11) is -5.55. The number of anilines is 1. The number of halogens is 4. The minimum atomic E-state index is -5.55. The molecule has 0 saturated heterocycles. The lowest BCUT2D eigenvalue weighted by atomic mass is 9.94. The molecule has 0 saturated carbocycles. The number of benzene rings is 1. The maximum absolute atomic E-state index is 12.6. The average molecular weight is 381 g/mol. The molecule has 1 aromatic carbocycles. The summed E-state index contributed by atoms with van der Waals surface area (Å²) < 4.78 is 67.5. The number of aryl methyl sites for hydroxylation is 1. The normalized spacial score (nSPS) is 15.2. The van der Waals surface area contributed by atoms with Crippen molar-refractivity contribution in [3.63, 3.8) is 0 Å². The lowest BCUT2D eigenvalue weighted by Crippen LogP contribution is -2.30. The van der Waals surface area contributed by atoms with Crippen LogP contribution < -0.4 is 4.72 Å². The first-order chi connectivity index (χ1) is 11.2. The summed E-state index contributed by atoms with van der Waals surface area (Å²) in [6.07, 6.45) is 3.18. The summed E-state index contributed by atoms with van der Waals surface area (Å²) >= 11 is 5.92. The molecule has 0 aliphatic heterocycles. The van der Waals surface area contributed by atoms with Gasteiger partial charge in [-0.25, -0.2) is 0 Å². The highest BCUT2D eigenvalue weighted by Crippen LogP contribution is 2.38. The van der Waals surface area contributed by atoms with Crippen LogP contribution in [0.2, 0.25) is 5.02 Å². The minimum absolute atomic E-state index is 0.155. The minimum Gasteiger partial charge on any atom is -0.360 e. The molecule has 1 N–H and O–H groups in total. The number of nitrogens with one attached hydrogen (secondary N) is 1. The maximum Gasteiger partial charge on any atom is 0.516 e. The molecule has 2 aromatic rings. The van der Waals surface area contributed by atoms with E-state index in [0.717, 1.165) is 18.4 Å². The van der Waals surface area contributed by atoms with Crippen LogP contribution in [0.15, 0.2) is 22.7 Å². The molecule has 0 spiro atoms. The summed E-state index contributed by atoms with van der Waals surface area (Å²) in [5.41, 5.74) is -4.43. The first-order valence-electron chi connectivity index (χ1n) is 7.05. The quantitative estimate of drug-likeness (QED) is 0.868. The van der Waals surface area contributed by atoms with Crippen LogP contribution in [0.25, 0.3) is 11.3 Å². The number of hydrogen-bond acceptors (Lipinski definition) is 4. The highest BCUT2D eigenvalue weighted by atomic mass is 35.5. The Kier molecular flexibility index (Phi) is 4.25. The predicted molar refractivity (Wildman–Crippen MR) is 82.2 cm³/mol. The van der Waals surface area contributed by atoms with Gasteiger partial charge in [0.2, 0.25) is 0 Å². The van der Waals surface area contributed by atoms with Crippen molar-refractivity contribution < 1.29 is 26.1 Å². The van der Waals surface area contributed by atoms with Crippen LogP contribution in [0.3, 0.4) is 0 Å². The van der Waals surface area contributed by atoms with Gasteiger partial charge in [0.1, 0.15) is 11.5 Å². The molecule has 3 rings (SSSR count). The van der Waals surface area contributed by atoms with Gasteiger partial charge in [0.25, 0.3) is 0 Å². The standard InChI is InChI=1S/C14H12ClF3N2O3S/c15-8-5-6-11(20-24(21,22)14(16,17)18)10(7-8)13-9-3-1-2-4-12(9)23-19-13/h5-7,20H,1-4H2. The fourth-order valence-electron chi connectivity index (χ4n) is 2.60. The van der Waals surface area contributed by atoms with Crippen molar-refractivity contribution in [2.45, 2.75) is 31.2 Å². The molecule has 10 heteroatoms. The Hall–Kier alpha value is -1.74. The highest BCUT2D eigenvalue weighted by molar-refractivity contribution is 7.93. The Morgan fingerprint density at radius 2 is 1.92 bits per heavy atom. The van der Waals surface area contributed by atoms with Crippen LogP contribution in [0, 0.1) is 0 Å². The van der Waals surface area contributed by atoms with Gasteiger partial charge < -0.3 is 4.52 Å². The maximum atomic E-state index is 12.6. The number of nitrogens with zero attached hydrogens (tertiary/aromatic N) is 1. The largest absolute Gasteiger partial charge is 0.516 e. The summed E-state index contributed by atoms with van der Waals surface area (Å²) in [6.45, 7) is 0. The van der Waals surface area contributed by atoms with Crippen molar-refractivity contribution in [3.05, 3.63) is 34.5 Å². The van der Waals surface area contributed by atoms with E-state index < -0.39 is 15.5 Å². The van der Waals surface area contributed by atoms with E-state index in [2.05, 4.69) is 5.16 Å². The zero-order chi connectivity index (χ0) is 17.5. The fraction of sp³-hybridized carbons (Fsp3) is 0.357. The molecule has 0 unspecified atom stereocenters. The van der Waals surface area contributed by atoms with Gasteiger partial charge >= 0.3 is 15.5 Å². The molecular formula is C14H12ClF3N2O3S. The van der Waals surface area contributed by atoms with E-state index in [9.17, 15) is 21.6 Å². The topological polar surface area (TPSA) is 72.2 Å². The number of alkyl halides is 3. The van der Waals surface area contributed by atoms with Crippen LogP contribution >= 0.6 is 11.6 Å². The molecule has 130 valence electrons. The molecule has 1 aliphatic carbocycles. The number of rotatable bonds is 3. The molecule has 5 nitrogen and oxygen atoms in total. The Morgan fingerprint density at radius 1 is 1.21 bits per heavy atom. The van der Waals surface area contributed by atoms with Crippen LogP contribution in [-0.2, 0) is 22.9 Å². The third-order valence-electron chi connectivity index (χ3n) is 3.74. The van der Waals surface area contributed by atoms with E-state index >= 15 is 0 Å². The van der Waals surface area contributed by atoms with Gasteiger partial charge in [-0.2, -0.15) is 21.6 Å². The van der Waals surface area contributed by atoms with Crippen LogP contribution in [0.4, 0.5) is 18.9 Å². The van der Waals surface area contributed by atoms with Crippen LogP contribution in [-0.4, -0.2) is 19.1 Å². The summed E-state index contributed by atoms with van der Waals surface area (Å²) in [5.74, 6) is 0.667. The van der Waals surface area contributed by atoms with Crippen molar-refractivity contribution in [2.24, 2.45) is 0 Å². The van der Waals surface area contributed by atoms with Gasteiger partial charge in [-0.1, -0.05) is 16.8 Å². The first-order valence-corrected chi connectivity index (χ1v) is 8.91. The molecular weight excluding hydrogens is 369 g/mol. The van der Waals surface area contributed by atoms with Crippen LogP contribution in [0.1, 0.15) is 24.2 Å². The van der Waals surface area contributed by atoms with Gasteiger partial charge in [-0.15, -0.1) is 0 Å². The van der Waals surface area contributed by atoms with Gasteiger partial charge in [-0.3, -0.25) is 4.72 Å². The lowest BCUT2D eigenvalue weighted by molar-refractivity contribution is -0.0429. The number of aromatic nitrogens is 1. The summed E-state index contributed by atoms with van der Waals surface area (Å²) in [6, 6.07) is 3.83. The zero-order valence-electron chi connectivity index (χ0n) is 12.2. The Balaban J connectivity index is 2.09. The van der Waals surface area contributed by atoms with E-state index in [4.69, 9.17) is 16.1 Å². The Morgan fingerprint density at radius 3 is 2.62 bits per heavy atom.